The number of benzene rings is 1. The van der Waals surface area contributed by atoms with E-state index in [-0.39, 0.29) is 11.8 Å². The maximum absolute atomic E-state index is 12.5. The monoisotopic (exact) mass is 400 g/mol. The lowest BCUT2D eigenvalue weighted by molar-refractivity contribution is -0.120. The zero-order valence-electron chi connectivity index (χ0n) is 16.6. The van der Waals surface area contributed by atoms with Crippen molar-refractivity contribution < 1.29 is 4.79 Å². The number of nitrogens with zero attached hydrogens (tertiary/aromatic N) is 1. The largest absolute Gasteiger partial charge is 0.385 e. The number of carbonyl (C=O) groups is 1. The molecule has 0 aliphatic carbocycles. The molecule has 1 unspecified atom stereocenters. The van der Waals surface area contributed by atoms with Crippen molar-refractivity contribution in [3.05, 3.63) is 41.6 Å². The van der Waals surface area contributed by atoms with Gasteiger partial charge in [0.2, 0.25) is 5.91 Å². The Morgan fingerprint density at radius 2 is 2.21 bits per heavy atom. The first kappa shape index (κ1) is 20.6. The second kappa shape index (κ2) is 9.89. The molecule has 28 heavy (non-hydrogen) atoms. The van der Waals surface area contributed by atoms with Crippen LogP contribution in [0.25, 0.3) is 11.1 Å². The molecular formula is C22H29ClN4O. The van der Waals surface area contributed by atoms with E-state index in [4.69, 9.17) is 11.6 Å². The summed E-state index contributed by atoms with van der Waals surface area (Å²) in [5.41, 5.74) is 2.92. The molecule has 1 aromatic heterocycles. The average molecular weight is 401 g/mol. The van der Waals surface area contributed by atoms with Crippen molar-refractivity contribution in [2.45, 2.75) is 33.1 Å². The topological polar surface area (TPSA) is 66.0 Å². The fraction of sp³-hybridized carbons (Fsp3) is 0.455. The number of aromatic nitrogens is 1. The molecule has 1 saturated heterocycles. The number of rotatable bonds is 7. The Morgan fingerprint density at radius 1 is 1.36 bits per heavy atom. The summed E-state index contributed by atoms with van der Waals surface area (Å²) in [6.45, 7) is 7.06. The zero-order valence-corrected chi connectivity index (χ0v) is 17.4. The van der Waals surface area contributed by atoms with Gasteiger partial charge in [-0.1, -0.05) is 37.6 Å². The lowest BCUT2D eigenvalue weighted by Crippen LogP contribution is -2.37. The predicted octanol–water partition coefficient (Wildman–Crippen LogP) is 4.80. The summed E-state index contributed by atoms with van der Waals surface area (Å²) >= 11 is 6.41. The second-order valence-corrected chi connectivity index (χ2v) is 8.18. The summed E-state index contributed by atoms with van der Waals surface area (Å²) in [6, 6.07) is 10.0. The molecule has 1 amide bonds. The van der Waals surface area contributed by atoms with E-state index in [1.807, 2.05) is 18.2 Å². The van der Waals surface area contributed by atoms with Gasteiger partial charge >= 0.3 is 0 Å². The van der Waals surface area contributed by atoms with Gasteiger partial charge in [0, 0.05) is 30.5 Å². The number of amides is 1. The molecule has 1 fully saturated rings. The van der Waals surface area contributed by atoms with Gasteiger partial charge in [0.05, 0.1) is 10.9 Å². The third-order valence-electron chi connectivity index (χ3n) is 5.00. The van der Waals surface area contributed by atoms with E-state index in [0.29, 0.717) is 16.8 Å². The predicted molar refractivity (Wildman–Crippen MR) is 117 cm³/mol. The Hall–Kier alpha value is -2.11. The second-order valence-electron chi connectivity index (χ2n) is 7.77. The van der Waals surface area contributed by atoms with Gasteiger partial charge in [-0.05, 0) is 55.5 Å². The van der Waals surface area contributed by atoms with Crippen molar-refractivity contribution in [2.75, 3.05) is 30.3 Å². The third kappa shape index (κ3) is 5.69. The number of carbonyl (C=O) groups excluding carboxylic acids is 1. The molecule has 1 aromatic carbocycles. The first-order valence-electron chi connectivity index (χ1n) is 10.0. The Balaban J connectivity index is 1.73. The van der Waals surface area contributed by atoms with Crippen LogP contribution in [0.3, 0.4) is 0 Å². The van der Waals surface area contributed by atoms with Gasteiger partial charge in [-0.3, -0.25) is 4.79 Å². The number of halogens is 1. The molecule has 1 atom stereocenters. The SMILES string of the molecule is CC(C)CCNc1cccc(-c2cc(NC(=O)C3CCCNC3)ncc2Cl)c1. The number of hydrogen-bond donors (Lipinski definition) is 3. The van der Waals surface area contributed by atoms with Crippen molar-refractivity contribution in [1.29, 1.82) is 0 Å². The number of anilines is 2. The van der Waals surface area contributed by atoms with Crippen LogP contribution in [-0.2, 0) is 4.79 Å². The van der Waals surface area contributed by atoms with E-state index < -0.39 is 0 Å². The summed E-state index contributed by atoms with van der Waals surface area (Å²) < 4.78 is 0. The molecular weight excluding hydrogens is 372 g/mol. The van der Waals surface area contributed by atoms with Crippen LogP contribution >= 0.6 is 11.6 Å². The first-order chi connectivity index (χ1) is 13.5. The van der Waals surface area contributed by atoms with Gasteiger partial charge in [-0.25, -0.2) is 4.98 Å². The summed E-state index contributed by atoms with van der Waals surface area (Å²) in [5.74, 6) is 1.20. The van der Waals surface area contributed by atoms with E-state index in [2.05, 4.69) is 46.9 Å². The van der Waals surface area contributed by atoms with Crippen LogP contribution in [0.5, 0.6) is 0 Å². The molecule has 0 bridgehead atoms. The highest BCUT2D eigenvalue weighted by molar-refractivity contribution is 6.33. The van der Waals surface area contributed by atoms with E-state index >= 15 is 0 Å². The highest BCUT2D eigenvalue weighted by Gasteiger charge is 2.21. The number of pyridine rings is 1. The van der Waals surface area contributed by atoms with Crippen molar-refractivity contribution in [2.24, 2.45) is 11.8 Å². The minimum atomic E-state index is -0.0110. The lowest BCUT2D eigenvalue weighted by atomic mass is 9.99. The number of piperidine rings is 1. The van der Waals surface area contributed by atoms with Crippen LogP contribution in [-0.4, -0.2) is 30.5 Å². The van der Waals surface area contributed by atoms with Gasteiger partial charge in [0.1, 0.15) is 5.82 Å². The van der Waals surface area contributed by atoms with E-state index in [9.17, 15) is 4.79 Å². The molecule has 150 valence electrons. The molecule has 1 aliphatic heterocycles. The first-order valence-corrected chi connectivity index (χ1v) is 10.4. The van der Waals surface area contributed by atoms with Crippen molar-refractivity contribution in [3.63, 3.8) is 0 Å². The Labute approximate surface area is 172 Å². The minimum absolute atomic E-state index is 0.0110. The standard InChI is InChI=1S/C22H29ClN4O/c1-15(2)8-10-25-18-7-3-5-16(11-18)19-12-21(26-14-20(19)23)27-22(28)17-6-4-9-24-13-17/h3,5,7,11-12,14-15,17,24-25H,4,6,8-10,13H2,1-2H3,(H,26,27,28). The molecule has 3 rings (SSSR count). The van der Waals surface area contributed by atoms with Crippen molar-refractivity contribution in [3.8, 4) is 11.1 Å². The maximum Gasteiger partial charge on any atom is 0.229 e. The highest BCUT2D eigenvalue weighted by Crippen LogP contribution is 2.31. The fourth-order valence-electron chi connectivity index (χ4n) is 3.33. The average Bonchev–Trinajstić information content (AvgIpc) is 2.70. The molecule has 2 heterocycles. The van der Waals surface area contributed by atoms with Gasteiger partial charge in [-0.15, -0.1) is 0 Å². The van der Waals surface area contributed by atoms with E-state index in [1.54, 1.807) is 6.20 Å². The zero-order chi connectivity index (χ0) is 19.9. The highest BCUT2D eigenvalue weighted by atomic mass is 35.5. The maximum atomic E-state index is 12.5. The summed E-state index contributed by atoms with van der Waals surface area (Å²) in [6.07, 6.45) is 4.65. The van der Waals surface area contributed by atoms with Crippen LogP contribution in [0.2, 0.25) is 5.02 Å². The van der Waals surface area contributed by atoms with Crippen LogP contribution in [0, 0.1) is 11.8 Å². The fourth-order valence-corrected chi connectivity index (χ4v) is 3.55. The van der Waals surface area contributed by atoms with Gasteiger partial charge in [0.15, 0.2) is 0 Å². The summed E-state index contributed by atoms with van der Waals surface area (Å²) in [5, 5.41) is 10.2. The Kier molecular flexibility index (Phi) is 7.29. The summed E-state index contributed by atoms with van der Waals surface area (Å²) in [4.78, 5) is 16.8. The van der Waals surface area contributed by atoms with Crippen molar-refractivity contribution >= 4 is 29.0 Å². The smallest absolute Gasteiger partial charge is 0.229 e. The van der Waals surface area contributed by atoms with E-state index in [1.165, 1.54) is 0 Å². The van der Waals surface area contributed by atoms with Gasteiger partial charge < -0.3 is 16.0 Å². The van der Waals surface area contributed by atoms with Crippen LogP contribution in [0.1, 0.15) is 33.1 Å². The molecule has 1 aliphatic rings. The molecule has 2 aromatic rings. The molecule has 0 saturated carbocycles. The van der Waals surface area contributed by atoms with Gasteiger partial charge in [-0.2, -0.15) is 0 Å². The van der Waals surface area contributed by atoms with Crippen LogP contribution in [0.4, 0.5) is 11.5 Å². The molecule has 6 heteroatoms. The van der Waals surface area contributed by atoms with Crippen LogP contribution in [0.15, 0.2) is 36.5 Å². The third-order valence-corrected chi connectivity index (χ3v) is 5.30. The number of hydrogen-bond acceptors (Lipinski definition) is 4. The number of nitrogens with one attached hydrogen (secondary N) is 3. The van der Waals surface area contributed by atoms with E-state index in [0.717, 1.165) is 55.7 Å². The quantitative estimate of drug-likeness (QED) is 0.624. The van der Waals surface area contributed by atoms with Crippen LogP contribution < -0.4 is 16.0 Å². The molecule has 0 spiro atoms. The Morgan fingerprint density at radius 3 is 2.96 bits per heavy atom. The Bertz CT molecular complexity index is 803. The minimum Gasteiger partial charge on any atom is -0.385 e. The lowest BCUT2D eigenvalue weighted by Gasteiger charge is -2.21. The van der Waals surface area contributed by atoms with Crippen molar-refractivity contribution in [1.82, 2.24) is 10.3 Å². The summed E-state index contributed by atoms with van der Waals surface area (Å²) in [7, 11) is 0. The molecule has 3 N–H and O–H groups in total. The molecule has 5 nitrogen and oxygen atoms in total. The van der Waals surface area contributed by atoms with Gasteiger partial charge in [0.25, 0.3) is 0 Å². The molecule has 0 radical (unpaired) electrons. The normalized spacial score (nSPS) is 16.8.